The number of nitrogens with zero attached hydrogens (tertiary/aromatic N) is 2. The molecule has 0 spiro atoms. The van der Waals surface area contributed by atoms with Crippen molar-refractivity contribution in [1.82, 2.24) is 15.1 Å². The van der Waals surface area contributed by atoms with E-state index in [9.17, 15) is 14.4 Å². The molecule has 1 heterocycles. The normalized spacial score (nSPS) is 23.3. The van der Waals surface area contributed by atoms with Gasteiger partial charge in [-0.2, -0.15) is 0 Å². The minimum atomic E-state index is -0.997. The maximum Gasteiger partial charge on any atom is 0.327 e. The molecule has 0 saturated carbocycles. The fourth-order valence-electron chi connectivity index (χ4n) is 2.14. The molecule has 1 fully saturated rings. The molecule has 0 aromatic carbocycles. The van der Waals surface area contributed by atoms with Crippen molar-refractivity contribution in [3.8, 4) is 0 Å². The van der Waals surface area contributed by atoms with Gasteiger partial charge in [0.15, 0.2) is 0 Å². The van der Waals surface area contributed by atoms with Crippen LogP contribution in [-0.2, 0) is 9.59 Å². The van der Waals surface area contributed by atoms with E-state index in [-0.39, 0.29) is 29.8 Å². The number of carbonyl (C=O) groups excluding carboxylic acids is 2. The summed E-state index contributed by atoms with van der Waals surface area (Å²) in [5.41, 5.74) is 0. The van der Waals surface area contributed by atoms with Crippen LogP contribution >= 0.6 is 11.8 Å². The molecule has 0 aliphatic carbocycles. The van der Waals surface area contributed by atoms with Crippen molar-refractivity contribution >= 4 is 29.7 Å². The molecule has 7 nitrogen and oxygen atoms in total. The molecule has 3 unspecified atom stereocenters. The van der Waals surface area contributed by atoms with Gasteiger partial charge in [-0.25, -0.2) is 9.59 Å². The summed E-state index contributed by atoms with van der Waals surface area (Å²) >= 11 is 1.44. The summed E-state index contributed by atoms with van der Waals surface area (Å²) in [5.74, 6) is -1.10. The standard InChI is InChI=1S/C12H21N3O4S/c1-7(10(16)13-3)5-14(4)12(19)15-8(2)20-6-9(15)11(17)18/h7-9H,5-6H2,1-4H3,(H,13,16)(H,17,18). The van der Waals surface area contributed by atoms with Crippen molar-refractivity contribution in [2.45, 2.75) is 25.3 Å². The Morgan fingerprint density at radius 1 is 1.50 bits per heavy atom. The minimum absolute atomic E-state index is 0.150. The van der Waals surface area contributed by atoms with Crippen LogP contribution in [0.2, 0.25) is 0 Å². The third kappa shape index (κ3) is 3.56. The van der Waals surface area contributed by atoms with Crippen LogP contribution in [0.3, 0.4) is 0 Å². The Balaban J connectivity index is 2.72. The average molecular weight is 303 g/mol. The summed E-state index contributed by atoms with van der Waals surface area (Å²) in [6.45, 7) is 3.78. The van der Waals surface area contributed by atoms with Crippen LogP contribution in [0.25, 0.3) is 0 Å². The summed E-state index contributed by atoms with van der Waals surface area (Å²) in [6.07, 6.45) is 0. The van der Waals surface area contributed by atoms with E-state index >= 15 is 0 Å². The van der Waals surface area contributed by atoms with Crippen molar-refractivity contribution in [1.29, 1.82) is 0 Å². The number of nitrogens with one attached hydrogen (secondary N) is 1. The molecule has 20 heavy (non-hydrogen) atoms. The second-order valence-corrected chi connectivity index (χ2v) is 6.22. The van der Waals surface area contributed by atoms with Crippen LogP contribution in [0.1, 0.15) is 13.8 Å². The lowest BCUT2D eigenvalue weighted by Crippen LogP contribution is -2.51. The number of urea groups is 1. The Morgan fingerprint density at radius 2 is 2.10 bits per heavy atom. The first-order chi connectivity index (χ1) is 9.29. The van der Waals surface area contributed by atoms with Crippen molar-refractivity contribution in [2.75, 3.05) is 26.4 Å². The van der Waals surface area contributed by atoms with E-state index in [0.717, 1.165) is 0 Å². The van der Waals surface area contributed by atoms with Crippen molar-refractivity contribution in [3.05, 3.63) is 0 Å². The third-order valence-electron chi connectivity index (χ3n) is 3.30. The predicted octanol–water partition coefficient (Wildman–Crippen LogP) is 0.268. The second-order valence-electron chi connectivity index (χ2n) is 4.87. The topological polar surface area (TPSA) is 90.0 Å². The van der Waals surface area contributed by atoms with Crippen LogP contribution < -0.4 is 5.32 Å². The number of carboxylic acids is 1. The van der Waals surface area contributed by atoms with E-state index in [0.29, 0.717) is 5.75 Å². The molecule has 114 valence electrons. The minimum Gasteiger partial charge on any atom is -0.480 e. The highest BCUT2D eigenvalue weighted by Crippen LogP contribution is 2.29. The second kappa shape index (κ2) is 6.83. The van der Waals surface area contributed by atoms with Gasteiger partial charge in [0, 0.05) is 26.4 Å². The quantitative estimate of drug-likeness (QED) is 0.778. The lowest BCUT2D eigenvalue weighted by molar-refractivity contribution is -0.141. The van der Waals surface area contributed by atoms with Crippen LogP contribution in [0.5, 0.6) is 0 Å². The highest BCUT2D eigenvalue weighted by molar-refractivity contribution is 8.00. The zero-order chi connectivity index (χ0) is 15.4. The number of carboxylic acid groups (broad SMARTS) is 1. The number of rotatable bonds is 4. The van der Waals surface area contributed by atoms with Gasteiger partial charge in [0.2, 0.25) is 5.91 Å². The van der Waals surface area contributed by atoms with E-state index < -0.39 is 12.0 Å². The van der Waals surface area contributed by atoms with Gasteiger partial charge >= 0.3 is 12.0 Å². The molecular formula is C12H21N3O4S. The van der Waals surface area contributed by atoms with E-state index in [4.69, 9.17) is 5.11 Å². The lowest BCUT2D eigenvalue weighted by Gasteiger charge is -2.31. The van der Waals surface area contributed by atoms with Crippen LogP contribution in [0, 0.1) is 5.92 Å². The summed E-state index contributed by atoms with van der Waals surface area (Å²) in [7, 11) is 3.12. The summed E-state index contributed by atoms with van der Waals surface area (Å²) in [5, 5.41) is 11.5. The molecule has 1 aliphatic rings. The molecule has 0 bridgehead atoms. The van der Waals surface area contributed by atoms with Crippen molar-refractivity contribution in [3.63, 3.8) is 0 Å². The fraction of sp³-hybridized carbons (Fsp3) is 0.750. The predicted molar refractivity (Wildman–Crippen MR) is 76.4 cm³/mol. The Morgan fingerprint density at radius 3 is 2.60 bits per heavy atom. The number of aliphatic carboxylic acids is 1. The monoisotopic (exact) mass is 303 g/mol. The smallest absolute Gasteiger partial charge is 0.327 e. The van der Waals surface area contributed by atoms with Crippen LogP contribution in [-0.4, -0.2) is 70.6 Å². The van der Waals surface area contributed by atoms with Gasteiger partial charge in [-0.15, -0.1) is 11.8 Å². The number of amides is 3. The molecule has 0 aromatic heterocycles. The summed E-state index contributed by atoms with van der Waals surface area (Å²) in [4.78, 5) is 37.8. The molecule has 2 N–H and O–H groups in total. The lowest BCUT2D eigenvalue weighted by atomic mass is 10.1. The molecule has 1 aliphatic heterocycles. The number of carbonyl (C=O) groups is 3. The van der Waals surface area contributed by atoms with E-state index in [1.54, 1.807) is 21.0 Å². The molecule has 8 heteroatoms. The Hall–Kier alpha value is -1.44. The molecule has 0 radical (unpaired) electrons. The first kappa shape index (κ1) is 16.6. The van der Waals surface area contributed by atoms with Gasteiger partial charge < -0.3 is 15.3 Å². The zero-order valence-electron chi connectivity index (χ0n) is 12.1. The highest BCUT2D eigenvalue weighted by Gasteiger charge is 2.40. The largest absolute Gasteiger partial charge is 0.480 e. The van der Waals surface area contributed by atoms with Crippen LogP contribution in [0.4, 0.5) is 4.79 Å². The van der Waals surface area contributed by atoms with Gasteiger partial charge in [-0.1, -0.05) is 6.92 Å². The number of thioether (sulfide) groups is 1. The van der Waals surface area contributed by atoms with E-state index in [1.807, 2.05) is 6.92 Å². The van der Waals surface area contributed by atoms with Gasteiger partial charge in [0.1, 0.15) is 6.04 Å². The van der Waals surface area contributed by atoms with E-state index in [2.05, 4.69) is 5.32 Å². The van der Waals surface area contributed by atoms with Gasteiger partial charge in [0.05, 0.1) is 11.3 Å². The average Bonchev–Trinajstić information content (AvgIpc) is 2.78. The van der Waals surface area contributed by atoms with Gasteiger partial charge in [-0.3, -0.25) is 9.69 Å². The Labute approximate surface area is 122 Å². The fourth-order valence-corrected chi connectivity index (χ4v) is 3.30. The van der Waals surface area contributed by atoms with Gasteiger partial charge in [0.25, 0.3) is 0 Å². The molecular weight excluding hydrogens is 282 g/mol. The SMILES string of the molecule is CNC(=O)C(C)CN(C)C(=O)N1C(C)SCC1C(=O)O. The molecule has 3 atom stereocenters. The molecule has 3 amide bonds. The number of hydrogen-bond acceptors (Lipinski definition) is 4. The molecule has 1 saturated heterocycles. The summed E-state index contributed by atoms with van der Waals surface area (Å²) in [6, 6.07) is -1.16. The Bertz CT molecular complexity index is 404. The third-order valence-corrected chi connectivity index (χ3v) is 4.51. The first-order valence-electron chi connectivity index (χ1n) is 6.39. The maximum atomic E-state index is 12.4. The van der Waals surface area contributed by atoms with E-state index in [1.165, 1.54) is 21.6 Å². The highest BCUT2D eigenvalue weighted by atomic mass is 32.2. The van der Waals surface area contributed by atoms with Gasteiger partial charge in [-0.05, 0) is 6.92 Å². The molecule has 1 rings (SSSR count). The number of hydrogen-bond donors (Lipinski definition) is 2. The van der Waals surface area contributed by atoms with Crippen LogP contribution in [0.15, 0.2) is 0 Å². The van der Waals surface area contributed by atoms with Crippen molar-refractivity contribution in [2.24, 2.45) is 5.92 Å². The first-order valence-corrected chi connectivity index (χ1v) is 7.43. The maximum absolute atomic E-state index is 12.4. The zero-order valence-corrected chi connectivity index (χ0v) is 12.9. The summed E-state index contributed by atoms with van der Waals surface area (Å²) < 4.78 is 0. The molecule has 0 aromatic rings. The van der Waals surface area contributed by atoms with Crippen molar-refractivity contribution < 1.29 is 19.5 Å². The Kier molecular flexibility index (Phi) is 5.67.